The predicted octanol–water partition coefficient (Wildman–Crippen LogP) is 5.04. The van der Waals surface area contributed by atoms with Crippen molar-refractivity contribution in [1.82, 2.24) is 0 Å². The number of rotatable bonds is 4. The van der Waals surface area contributed by atoms with Crippen LogP contribution in [0.4, 0.5) is 0 Å². The maximum atomic E-state index is 11.8. The minimum absolute atomic E-state index is 0.0526. The molecule has 0 fully saturated rings. The molecule has 1 rings (SSSR count). The van der Waals surface area contributed by atoms with Crippen molar-refractivity contribution in [2.75, 3.05) is 6.61 Å². The highest BCUT2D eigenvalue weighted by Crippen LogP contribution is 2.41. The van der Waals surface area contributed by atoms with Crippen molar-refractivity contribution in [3.8, 4) is 5.75 Å². The highest BCUT2D eigenvalue weighted by Gasteiger charge is 2.27. The summed E-state index contributed by atoms with van der Waals surface area (Å²) in [7, 11) is 0. The van der Waals surface area contributed by atoms with Crippen LogP contribution < -0.4 is 0 Å². The van der Waals surface area contributed by atoms with Crippen molar-refractivity contribution in [2.45, 2.75) is 78.6 Å². The molecule has 0 amide bonds. The number of carbonyl (C=O) groups is 1. The SMILES string of the molecule is CCOC(=O)CC(C)c1cc(C(C)(C)C)c(O)c(C(C)(C)C)c1. The number of esters is 1. The molecule has 0 aromatic heterocycles. The molecule has 0 aliphatic heterocycles. The Morgan fingerprint density at radius 1 is 1.09 bits per heavy atom. The zero-order chi connectivity index (χ0) is 18.0. The summed E-state index contributed by atoms with van der Waals surface area (Å²) in [6, 6.07) is 4.07. The van der Waals surface area contributed by atoms with Gasteiger partial charge < -0.3 is 9.84 Å². The van der Waals surface area contributed by atoms with E-state index in [1.807, 2.05) is 26.0 Å². The molecule has 3 heteroatoms. The van der Waals surface area contributed by atoms with Crippen molar-refractivity contribution in [2.24, 2.45) is 0 Å². The molecule has 3 nitrogen and oxygen atoms in total. The highest BCUT2D eigenvalue weighted by atomic mass is 16.5. The lowest BCUT2D eigenvalue weighted by Crippen LogP contribution is -2.19. The second-order valence-corrected chi connectivity index (χ2v) is 8.37. The van der Waals surface area contributed by atoms with Crippen LogP contribution in [0.3, 0.4) is 0 Å². The number of aromatic hydroxyl groups is 1. The smallest absolute Gasteiger partial charge is 0.306 e. The van der Waals surface area contributed by atoms with E-state index in [1.54, 1.807) is 0 Å². The molecule has 1 aromatic rings. The molecular weight excluding hydrogens is 288 g/mol. The summed E-state index contributed by atoms with van der Waals surface area (Å²) in [4.78, 5) is 11.8. The summed E-state index contributed by atoms with van der Waals surface area (Å²) < 4.78 is 5.06. The van der Waals surface area contributed by atoms with Crippen LogP contribution >= 0.6 is 0 Å². The molecule has 0 aliphatic rings. The lowest BCUT2D eigenvalue weighted by molar-refractivity contribution is -0.143. The lowest BCUT2D eigenvalue weighted by Gasteiger charge is -2.29. The Morgan fingerprint density at radius 2 is 1.52 bits per heavy atom. The topological polar surface area (TPSA) is 46.5 Å². The van der Waals surface area contributed by atoms with E-state index in [-0.39, 0.29) is 22.7 Å². The van der Waals surface area contributed by atoms with Crippen LogP contribution in [-0.4, -0.2) is 17.7 Å². The van der Waals surface area contributed by atoms with Gasteiger partial charge in [0.15, 0.2) is 0 Å². The maximum absolute atomic E-state index is 11.8. The van der Waals surface area contributed by atoms with E-state index >= 15 is 0 Å². The van der Waals surface area contributed by atoms with Crippen LogP contribution in [0.25, 0.3) is 0 Å². The van der Waals surface area contributed by atoms with Gasteiger partial charge in [-0.2, -0.15) is 0 Å². The van der Waals surface area contributed by atoms with Gasteiger partial charge in [-0.25, -0.2) is 0 Å². The quantitative estimate of drug-likeness (QED) is 0.790. The molecule has 0 heterocycles. The van der Waals surface area contributed by atoms with Crippen LogP contribution in [0.1, 0.15) is 84.4 Å². The molecule has 1 aromatic carbocycles. The van der Waals surface area contributed by atoms with Gasteiger partial charge in [-0.1, -0.05) is 60.6 Å². The first-order valence-corrected chi connectivity index (χ1v) is 8.41. The first-order valence-electron chi connectivity index (χ1n) is 8.41. The summed E-state index contributed by atoms with van der Waals surface area (Å²) in [5.74, 6) is 0.247. The zero-order valence-corrected chi connectivity index (χ0v) is 15.9. The van der Waals surface area contributed by atoms with Crippen molar-refractivity contribution >= 4 is 5.97 Å². The predicted molar refractivity (Wildman–Crippen MR) is 95.2 cm³/mol. The van der Waals surface area contributed by atoms with Crippen LogP contribution in [0.15, 0.2) is 12.1 Å². The van der Waals surface area contributed by atoms with Gasteiger partial charge in [0.1, 0.15) is 5.75 Å². The molecule has 0 spiro atoms. The molecule has 0 aliphatic carbocycles. The van der Waals surface area contributed by atoms with Crippen LogP contribution in [0.5, 0.6) is 5.75 Å². The molecule has 1 N–H and O–H groups in total. The van der Waals surface area contributed by atoms with Gasteiger partial charge >= 0.3 is 5.97 Å². The average molecular weight is 320 g/mol. The molecule has 0 saturated carbocycles. The van der Waals surface area contributed by atoms with Crippen LogP contribution in [-0.2, 0) is 20.4 Å². The van der Waals surface area contributed by atoms with Crippen molar-refractivity contribution in [1.29, 1.82) is 0 Å². The summed E-state index contributed by atoms with van der Waals surface area (Å²) >= 11 is 0. The summed E-state index contributed by atoms with van der Waals surface area (Å²) in [5.41, 5.74) is 2.60. The third kappa shape index (κ3) is 4.98. The fourth-order valence-corrected chi connectivity index (χ4v) is 2.67. The zero-order valence-electron chi connectivity index (χ0n) is 15.9. The molecular formula is C20H32O3. The van der Waals surface area contributed by atoms with Crippen LogP contribution in [0, 0.1) is 0 Å². The molecule has 23 heavy (non-hydrogen) atoms. The largest absolute Gasteiger partial charge is 0.507 e. The number of carbonyl (C=O) groups excluding carboxylic acids is 1. The first kappa shape index (κ1) is 19.5. The van der Waals surface area contributed by atoms with E-state index in [1.165, 1.54) is 0 Å². The van der Waals surface area contributed by atoms with Crippen molar-refractivity contribution in [3.63, 3.8) is 0 Å². The van der Waals surface area contributed by atoms with Gasteiger partial charge in [0, 0.05) is 0 Å². The average Bonchev–Trinajstić information content (AvgIpc) is 2.36. The fourth-order valence-electron chi connectivity index (χ4n) is 2.67. The third-order valence-corrected chi connectivity index (χ3v) is 4.10. The first-order chi connectivity index (χ1) is 10.4. The van der Waals surface area contributed by atoms with Crippen LogP contribution in [0.2, 0.25) is 0 Å². The summed E-state index contributed by atoms with van der Waals surface area (Å²) in [6.45, 7) is 16.8. The van der Waals surface area contributed by atoms with E-state index in [0.717, 1.165) is 16.7 Å². The third-order valence-electron chi connectivity index (χ3n) is 4.10. The second-order valence-electron chi connectivity index (χ2n) is 8.37. The van der Waals surface area contributed by atoms with Gasteiger partial charge in [-0.05, 0) is 40.4 Å². The van der Waals surface area contributed by atoms with Gasteiger partial charge in [0.25, 0.3) is 0 Å². The molecule has 0 radical (unpaired) electrons. The van der Waals surface area contributed by atoms with Crippen molar-refractivity contribution < 1.29 is 14.6 Å². The Kier molecular flexibility index (Phi) is 5.89. The second kappa shape index (κ2) is 6.94. The highest BCUT2D eigenvalue weighted by molar-refractivity contribution is 5.70. The Morgan fingerprint density at radius 3 is 1.87 bits per heavy atom. The van der Waals surface area contributed by atoms with Gasteiger partial charge in [-0.3, -0.25) is 4.79 Å². The fraction of sp³-hybridized carbons (Fsp3) is 0.650. The number of benzene rings is 1. The Hall–Kier alpha value is -1.51. The molecule has 0 bridgehead atoms. The normalized spacial score (nSPS) is 13.7. The van der Waals surface area contributed by atoms with Gasteiger partial charge in [0.05, 0.1) is 13.0 Å². The van der Waals surface area contributed by atoms with Gasteiger partial charge in [-0.15, -0.1) is 0 Å². The lowest BCUT2D eigenvalue weighted by atomic mass is 9.77. The van der Waals surface area contributed by atoms with E-state index in [4.69, 9.17) is 4.74 Å². The molecule has 0 saturated heterocycles. The summed E-state index contributed by atoms with van der Waals surface area (Å²) in [5, 5.41) is 10.7. The standard InChI is InChI=1S/C20H32O3/c1-9-23-17(21)10-13(2)14-11-15(19(3,4)5)18(22)16(12-14)20(6,7)8/h11-13,22H,9-10H2,1-8H3. The Labute approximate surface area is 141 Å². The van der Waals surface area contributed by atoms with Crippen molar-refractivity contribution in [3.05, 3.63) is 28.8 Å². The number of phenolic OH excluding ortho intramolecular Hbond substituents is 1. The number of hydrogen-bond donors (Lipinski definition) is 1. The number of hydrogen-bond acceptors (Lipinski definition) is 3. The minimum Gasteiger partial charge on any atom is -0.507 e. The molecule has 130 valence electrons. The monoisotopic (exact) mass is 320 g/mol. The Bertz CT molecular complexity index is 524. The maximum Gasteiger partial charge on any atom is 0.306 e. The molecule has 1 unspecified atom stereocenters. The van der Waals surface area contributed by atoms with E-state index < -0.39 is 0 Å². The number of ether oxygens (including phenoxy) is 1. The Balaban J connectivity index is 3.36. The summed E-state index contributed by atoms with van der Waals surface area (Å²) in [6.07, 6.45) is 0.353. The van der Waals surface area contributed by atoms with E-state index in [9.17, 15) is 9.90 Å². The minimum atomic E-state index is -0.178. The molecule has 1 atom stereocenters. The van der Waals surface area contributed by atoms with E-state index in [2.05, 4.69) is 41.5 Å². The van der Waals surface area contributed by atoms with E-state index in [0.29, 0.717) is 18.8 Å². The van der Waals surface area contributed by atoms with Gasteiger partial charge in [0.2, 0.25) is 0 Å². The number of phenols is 1.